The minimum atomic E-state index is 0.108. The van der Waals surface area contributed by atoms with Crippen molar-refractivity contribution in [3.63, 3.8) is 0 Å². The average Bonchev–Trinajstić information content (AvgIpc) is 3.36. The molecule has 1 amide bonds. The van der Waals surface area contributed by atoms with Gasteiger partial charge in [-0.3, -0.25) is 4.79 Å². The van der Waals surface area contributed by atoms with Gasteiger partial charge in [-0.25, -0.2) is 0 Å². The molecule has 0 saturated carbocycles. The van der Waals surface area contributed by atoms with Crippen molar-refractivity contribution < 1.29 is 19.0 Å². The third-order valence-corrected chi connectivity index (χ3v) is 5.95. The van der Waals surface area contributed by atoms with Gasteiger partial charge in [0.15, 0.2) is 11.5 Å². The summed E-state index contributed by atoms with van der Waals surface area (Å²) in [5, 5.41) is 0. The molecule has 5 heteroatoms. The van der Waals surface area contributed by atoms with Gasteiger partial charge in [-0.1, -0.05) is 18.2 Å². The van der Waals surface area contributed by atoms with Gasteiger partial charge in [0, 0.05) is 19.4 Å². The molecule has 154 valence electrons. The van der Waals surface area contributed by atoms with Gasteiger partial charge < -0.3 is 19.1 Å². The van der Waals surface area contributed by atoms with E-state index in [9.17, 15) is 4.79 Å². The van der Waals surface area contributed by atoms with E-state index in [1.54, 1.807) is 14.2 Å². The molecule has 2 atom stereocenters. The summed E-state index contributed by atoms with van der Waals surface area (Å²) in [6, 6.07) is 12.4. The number of hydrogen-bond donors (Lipinski definition) is 0. The Morgan fingerprint density at radius 1 is 1.14 bits per heavy atom. The van der Waals surface area contributed by atoms with Gasteiger partial charge >= 0.3 is 0 Å². The van der Waals surface area contributed by atoms with Crippen LogP contribution in [0.3, 0.4) is 0 Å². The third-order valence-electron chi connectivity index (χ3n) is 5.95. The number of rotatable bonds is 6. The second-order valence-electron chi connectivity index (χ2n) is 7.93. The normalized spacial score (nSPS) is 20.3. The maximum Gasteiger partial charge on any atom is 0.223 e. The highest BCUT2D eigenvalue weighted by Crippen LogP contribution is 2.37. The van der Waals surface area contributed by atoms with Gasteiger partial charge in [0.1, 0.15) is 11.9 Å². The van der Waals surface area contributed by atoms with E-state index in [0.717, 1.165) is 43.5 Å². The fraction of sp³-hybridized carbons (Fsp3) is 0.458. The Morgan fingerprint density at radius 2 is 1.97 bits per heavy atom. The lowest BCUT2D eigenvalue weighted by Gasteiger charge is -2.26. The fourth-order valence-corrected chi connectivity index (χ4v) is 4.50. The summed E-state index contributed by atoms with van der Waals surface area (Å²) in [5.41, 5.74) is 3.57. The van der Waals surface area contributed by atoms with Crippen LogP contribution in [0.2, 0.25) is 0 Å². The predicted molar refractivity (Wildman–Crippen MR) is 112 cm³/mol. The van der Waals surface area contributed by atoms with Crippen LogP contribution >= 0.6 is 0 Å². The van der Waals surface area contributed by atoms with Gasteiger partial charge in [-0.2, -0.15) is 0 Å². The molecule has 0 aromatic heterocycles. The molecule has 0 bridgehead atoms. The van der Waals surface area contributed by atoms with Crippen molar-refractivity contribution >= 4 is 5.91 Å². The molecule has 2 aromatic rings. The Hall–Kier alpha value is -2.69. The van der Waals surface area contributed by atoms with Crippen LogP contribution in [0.25, 0.3) is 0 Å². The Bertz CT molecular complexity index is 894. The summed E-state index contributed by atoms with van der Waals surface area (Å²) in [6.45, 7) is 2.90. The van der Waals surface area contributed by atoms with E-state index < -0.39 is 0 Å². The number of methoxy groups -OCH3 is 2. The van der Waals surface area contributed by atoms with Crippen molar-refractivity contribution in [1.29, 1.82) is 0 Å². The van der Waals surface area contributed by atoms with Gasteiger partial charge in [0.25, 0.3) is 0 Å². The summed E-state index contributed by atoms with van der Waals surface area (Å²) >= 11 is 0. The van der Waals surface area contributed by atoms with Crippen LogP contribution in [0.5, 0.6) is 17.2 Å². The van der Waals surface area contributed by atoms with E-state index in [4.69, 9.17) is 14.2 Å². The number of benzene rings is 2. The van der Waals surface area contributed by atoms with Crippen LogP contribution in [0.1, 0.15) is 48.9 Å². The molecule has 2 heterocycles. The first-order valence-corrected chi connectivity index (χ1v) is 10.4. The number of ether oxygens (including phenoxy) is 3. The van der Waals surface area contributed by atoms with Crippen molar-refractivity contribution in [2.24, 2.45) is 0 Å². The molecule has 29 heavy (non-hydrogen) atoms. The highest BCUT2D eigenvalue weighted by atomic mass is 16.5. The molecule has 1 fully saturated rings. The molecule has 1 saturated heterocycles. The lowest BCUT2D eigenvalue weighted by molar-refractivity contribution is -0.132. The van der Waals surface area contributed by atoms with Crippen LogP contribution in [0, 0.1) is 0 Å². The zero-order valence-corrected chi connectivity index (χ0v) is 17.4. The predicted octanol–water partition coefficient (Wildman–Crippen LogP) is 4.32. The minimum Gasteiger partial charge on any atom is -0.493 e. The first-order chi connectivity index (χ1) is 14.1. The van der Waals surface area contributed by atoms with Crippen LogP contribution in [-0.4, -0.2) is 37.7 Å². The third kappa shape index (κ3) is 4.04. The number of likely N-dealkylation sites (tertiary alicyclic amines) is 1. The van der Waals surface area contributed by atoms with Crippen molar-refractivity contribution in [2.45, 2.75) is 51.2 Å². The Balaban J connectivity index is 1.43. The topological polar surface area (TPSA) is 48.0 Å². The number of carbonyl (C=O) groups is 1. The van der Waals surface area contributed by atoms with Gasteiger partial charge in [0.2, 0.25) is 5.91 Å². The van der Waals surface area contributed by atoms with Crippen molar-refractivity contribution in [3.8, 4) is 17.2 Å². The van der Waals surface area contributed by atoms with Gasteiger partial charge in [-0.05, 0) is 61.1 Å². The number of hydrogen-bond acceptors (Lipinski definition) is 4. The van der Waals surface area contributed by atoms with E-state index in [-0.39, 0.29) is 18.1 Å². The molecule has 0 aliphatic carbocycles. The molecule has 0 radical (unpaired) electrons. The lowest BCUT2D eigenvalue weighted by Crippen LogP contribution is -2.30. The van der Waals surface area contributed by atoms with E-state index >= 15 is 0 Å². The molecule has 2 aliphatic rings. The zero-order valence-electron chi connectivity index (χ0n) is 17.4. The van der Waals surface area contributed by atoms with Gasteiger partial charge in [-0.15, -0.1) is 0 Å². The summed E-state index contributed by atoms with van der Waals surface area (Å²) in [7, 11) is 3.27. The maximum absolute atomic E-state index is 13.0. The molecule has 0 spiro atoms. The molecule has 5 nitrogen and oxygen atoms in total. The average molecular weight is 395 g/mol. The molecule has 2 aromatic carbocycles. The molecular weight excluding hydrogens is 366 g/mol. The number of aryl methyl sites for hydroxylation is 1. The molecule has 4 rings (SSSR count). The number of nitrogens with zero attached hydrogens (tertiary/aromatic N) is 1. The maximum atomic E-state index is 13.0. The largest absolute Gasteiger partial charge is 0.493 e. The van der Waals surface area contributed by atoms with E-state index in [1.165, 1.54) is 11.1 Å². The fourth-order valence-electron chi connectivity index (χ4n) is 4.50. The summed E-state index contributed by atoms with van der Waals surface area (Å²) in [4.78, 5) is 15.0. The second-order valence-corrected chi connectivity index (χ2v) is 7.93. The monoisotopic (exact) mass is 395 g/mol. The van der Waals surface area contributed by atoms with Crippen molar-refractivity contribution in [3.05, 3.63) is 53.1 Å². The summed E-state index contributed by atoms with van der Waals surface area (Å²) < 4.78 is 16.6. The molecule has 0 N–H and O–H groups in total. The Morgan fingerprint density at radius 3 is 2.76 bits per heavy atom. The lowest BCUT2D eigenvalue weighted by atomic mass is 10.0. The number of fused-ring (bicyclic) bond motifs is 1. The SMILES string of the molecule is COc1ccc([C@@H]2CCCN2C(=O)CCc2ccc3c(c2)C[C@@H](C)O3)cc1OC. The van der Waals surface area contributed by atoms with Crippen molar-refractivity contribution in [1.82, 2.24) is 4.90 Å². The zero-order chi connectivity index (χ0) is 20.4. The first-order valence-electron chi connectivity index (χ1n) is 10.4. The number of carbonyl (C=O) groups excluding carboxylic acids is 1. The van der Waals surface area contributed by atoms with Crippen LogP contribution < -0.4 is 14.2 Å². The first kappa shape index (κ1) is 19.6. The Labute approximate surface area is 172 Å². The molecule has 0 unspecified atom stereocenters. The van der Waals surface area contributed by atoms with E-state index in [0.29, 0.717) is 17.9 Å². The second kappa shape index (κ2) is 8.36. The number of amides is 1. The van der Waals surface area contributed by atoms with Crippen LogP contribution in [0.15, 0.2) is 36.4 Å². The Kier molecular flexibility index (Phi) is 5.65. The van der Waals surface area contributed by atoms with Crippen molar-refractivity contribution in [2.75, 3.05) is 20.8 Å². The summed E-state index contributed by atoms with van der Waals surface area (Å²) in [5.74, 6) is 2.62. The van der Waals surface area contributed by atoms with E-state index in [1.807, 2.05) is 29.2 Å². The molecular formula is C24H29NO4. The quantitative estimate of drug-likeness (QED) is 0.731. The standard InChI is InChI=1S/C24H29NO4/c1-16-13-19-14-17(6-9-21(19)29-16)7-11-24(26)25-12-4-5-20(25)18-8-10-22(27-2)23(15-18)28-3/h6,8-10,14-16,20H,4-5,7,11-13H2,1-3H3/t16-,20+/m1/s1. The summed E-state index contributed by atoms with van der Waals surface area (Å²) in [6.07, 6.45) is 4.49. The minimum absolute atomic E-state index is 0.108. The van der Waals surface area contributed by atoms with Crippen LogP contribution in [-0.2, 0) is 17.6 Å². The molecule has 2 aliphatic heterocycles. The van der Waals surface area contributed by atoms with Crippen LogP contribution in [0.4, 0.5) is 0 Å². The van der Waals surface area contributed by atoms with E-state index in [2.05, 4.69) is 19.1 Å². The highest BCUT2D eigenvalue weighted by molar-refractivity contribution is 5.77. The van der Waals surface area contributed by atoms with Gasteiger partial charge in [0.05, 0.1) is 20.3 Å². The smallest absolute Gasteiger partial charge is 0.223 e. The highest BCUT2D eigenvalue weighted by Gasteiger charge is 2.30.